The van der Waals surface area contributed by atoms with Gasteiger partial charge in [0.05, 0.1) is 10.6 Å². The minimum absolute atomic E-state index is 0.133. The van der Waals surface area contributed by atoms with Gasteiger partial charge in [0, 0.05) is 20.1 Å². The molecule has 6 heteroatoms. The van der Waals surface area contributed by atoms with Gasteiger partial charge in [-0.05, 0) is 50.7 Å². The summed E-state index contributed by atoms with van der Waals surface area (Å²) in [6, 6.07) is 8.60. The van der Waals surface area contributed by atoms with Crippen molar-refractivity contribution in [1.29, 1.82) is 0 Å². The number of hydrogen-bond acceptors (Lipinski definition) is 3. The summed E-state index contributed by atoms with van der Waals surface area (Å²) in [5.41, 5.74) is 1.53. The molecule has 25 heavy (non-hydrogen) atoms. The first kappa shape index (κ1) is 19.5. The Morgan fingerprint density at radius 1 is 1.12 bits per heavy atom. The molecule has 0 radical (unpaired) electrons. The Morgan fingerprint density at radius 2 is 1.88 bits per heavy atom. The second-order valence-corrected chi connectivity index (χ2v) is 8.38. The highest BCUT2D eigenvalue weighted by Crippen LogP contribution is 2.19. The molecule has 5 nitrogen and oxygen atoms in total. The summed E-state index contributed by atoms with van der Waals surface area (Å²) in [4.78, 5) is 4.58. The molecule has 0 spiro atoms. The molecule has 1 aromatic rings. The number of nitrogens with zero attached hydrogens (tertiary/aromatic N) is 1. The van der Waals surface area contributed by atoms with Crippen LogP contribution in [-0.4, -0.2) is 40.3 Å². The highest BCUT2D eigenvalue weighted by molar-refractivity contribution is 7.91. The molecule has 0 aliphatic heterocycles. The second kappa shape index (κ2) is 10.2. The fourth-order valence-electron chi connectivity index (χ4n) is 2.91. The zero-order valence-corrected chi connectivity index (χ0v) is 15.8. The van der Waals surface area contributed by atoms with Crippen LogP contribution in [0.5, 0.6) is 0 Å². The Balaban J connectivity index is 1.66. The van der Waals surface area contributed by atoms with Crippen molar-refractivity contribution in [2.45, 2.75) is 43.4 Å². The van der Waals surface area contributed by atoms with Crippen molar-refractivity contribution in [2.75, 3.05) is 25.9 Å². The van der Waals surface area contributed by atoms with Crippen LogP contribution in [0.4, 0.5) is 0 Å². The van der Waals surface area contributed by atoms with E-state index in [1.54, 1.807) is 31.3 Å². The number of hydrogen-bond donors (Lipinski definition) is 2. The zero-order chi connectivity index (χ0) is 18.0. The van der Waals surface area contributed by atoms with Crippen molar-refractivity contribution >= 4 is 15.8 Å². The number of aliphatic imine (C=N–C) groups is 1. The van der Waals surface area contributed by atoms with Crippen molar-refractivity contribution in [2.24, 2.45) is 4.99 Å². The maximum Gasteiger partial charge on any atom is 0.190 e. The number of sulfone groups is 1. The van der Waals surface area contributed by atoms with Gasteiger partial charge in [0.2, 0.25) is 0 Å². The SMILES string of the molecule is CN=C(NCCCS(=O)(=O)c1ccccc1)NCCC1=CCCCC1. The van der Waals surface area contributed by atoms with E-state index in [0.717, 1.165) is 18.9 Å². The molecule has 1 aliphatic rings. The molecule has 1 aromatic carbocycles. The van der Waals surface area contributed by atoms with Crippen LogP contribution in [0.15, 0.2) is 51.9 Å². The van der Waals surface area contributed by atoms with Crippen LogP contribution in [0.2, 0.25) is 0 Å². The molecule has 138 valence electrons. The second-order valence-electron chi connectivity index (χ2n) is 6.27. The van der Waals surface area contributed by atoms with E-state index in [1.807, 2.05) is 6.07 Å². The van der Waals surface area contributed by atoms with E-state index in [4.69, 9.17) is 0 Å². The van der Waals surface area contributed by atoms with Crippen LogP contribution in [-0.2, 0) is 9.84 Å². The van der Waals surface area contributed by atoms with Crippen LogP contribution in [0, 0.1) is 0 Å². The number of guanidine groups is 1. The molecular formula is C19H29N3O2S. The third-order valence-electron chi connectivity index (χ3n) is 4.33. The summed E-state index contributed by atoms with van der Waals surface area (Å²) < 4.78 is 24.4. The molecule has 2 rings (SSSR count). The van der Waals surface area contributed by atoms with Crippen LogP contribution < -0.4 is 10.6 Å². The third kappa shape index (κ3) is 6.90. The largest absolute Gasteiger partial charge is 0.356 e. The molecule has 2 N–H and O–H groups in total. The molecule has 0 amide bonds. The van der Waals surface area contributed by atoms with E-state index in [2.05, 4.69) is 21.7 Å². The van der Waals surface area contributed by atoms with Gasteiger partial charge in [-0.25, -0.2) is 8.42 Å². The number of nitrogens with one attached hydrogen (secondary N) is 2. The van der Waals surface area contributed by atoms with E-state index in [1.165, 1.54) is 31.3 Å². The Hall–Kier alpha value is -1.82. The predicted octanol–water partition coefficient (Wildman–Crippen LogP) is 2.91. The van der Waals surface area contributed by atoms with Crippen molar-refractivity contribution in [3.8, 4) is 0 Å². The van der Waals surface area contributed by atoms with Crippen LogP contribution in [0.25, 0.3) is 0 Å². The van der Waals surface area contributed by atoms with Crippen molar-refractivity contribution in [1.82, 2.24) is 10.6 Å². The van der Waals surface area contributed by atoms with E-state index >= 15 is 0 Å². The van der Waals surface area contributed by atoms with Crippen LogP contribution in [0.3, 0.4) is 0 Å². The highest BCUT2D eigenvalue weighted by Gasteiger charge is 2.13. The normalized spacial score (nSPS) is 15.6. The first-order chi connectivity index (χ1) is 12.1. The fraction of sp³-hybridized carbons (Fsp3) is 0.526. The van der Waals surface area contributed by atoms with Crippen molar-refractivity contribution < 1.29 is 8.42 Å². The minimum atomic E-state index is -3.20. The van der Waals surface area contributed by atoms with Crippen molar-refractivity contribution in [3.63, 3.8) is 0 Å². The lowest BCUT2D eigenvalue weighted by atomic mass is 9.97. The quantitative estimate of drug-likeness (QED) is 0.322. The highest BCUT2D eigenvalue weighted by atomic mass is 32.2. The minimum Gasteiger partial charge on any atom is -0.356 e. The van der Waals surface area contributed by atoms with Crippen molar-refractivity contribution in [3.05, 3.63) is 42.0 Å². The Kier molecular flexibility index (Phi) is 7.98. The van der Waals surface area contributed by atoms with Gasteiger partial charge in [-0.1, -0.05) is 29.8 Å². The van der Waals surface area contributed by atoms with Gasteiger partial charge >= 0.3 is 0 Å². The lowest BCUT2D eigenvalue weighted by Crippen LogP contribution is -2.38. The van der Waals surface area contributed by atoms with Gasteiger partial charge in [0.25, 0.3) is 0 Å². The Morgan fingerprint density at radius 3 is 2.56 bits per heavy atom. The number of benzene rings is 1. The molecule has 0 saturated heterocycles. The Labute approximate surface area is 151 Å². The topological polar surface area (TPSA) is 70.6 Å². The first-order valence-corrected chi connectivity index (χ1v) is 10.7. The fourth-order valence-corrected chi connectivity index (χ4v) is 4.24. The van der Waals surface area contributed by atoms with Crippen LogP contribution >= 0.6 is 0 Å². The average Bonchev–Trinajstić information content (AvgIpc) is 2.65. The summed E-state index contributed by atoms with van der Waals surface area (Å²) in [5.74, 6) is 0.863. The van der Waals surface area contributed by atoms with E-state index < -0.39 is 9.84 Å². The molecule has 0 bridgehead atoms. The van der Waals surface area contributed by atoms with E-state index in [-0.39, 0.29) is 5.75 Å². The molecule has 0 heterocycles. The smallest absolute Gasteiger partial charge is 0.190 e. The maximum atomic E-state index is 12.2. The first-order valence-electron chi connectivity index (χ1n) is 9.02. The van der Waals surface area contributed by atoms with Gasteiger partial charge in [-0.2, -0.15) is 0 Å². The lowest BCUT2D eigenvalue weighted by Gasteiger charge is -2.15. The molecule has 0 fully saturated rings. The summed E-state index contributed by atoms with van der Waals surface area (Å²) in [5, 5.41) is 6.48. The molecular weight excluding hydrogens is 334 g/mol. The molecule has 1 aliphatic carbocycles. The third-order valence-corrected chi connectivity index (χ3v) is 6.15. The lowest BCUT2D eigenvalue weighted by molar-refractivity contribution is 0.592. The van der Waals surface area contributed by atoms with Gasteiger partial charge in [-0.3, -0.25) is 4.99 Å². The summed E-state index contributed by atoms with van der Waals surface area (Å²) in [6.45, 7) is 1.43. The zero-order valence-electron chi connectivity index (χ0n) is 15.0. The standard InChI is InChI=1S/C19H29N3O2S/c1-20-19(22-15-13-17-9-4-2-5-10-17)21-14-8-16-25(23,24)18-11-6-3-7-12-18/h3,6-7,9,11-12H,2,4-5,8,10,13-16H2,1H3,(H2,20,21,22). The summed E-state index contributed by atoms with van der Waals surface area (Å²) in [6.07, 6.45) is 8.98. The monoisotopic (exact) mass is 363 g/mol. The molecule has 0 unspecified atom stereocenters. The Bertz CT molecular complexity index is 682. The van der Waals surface area contributed by atoms with E-state index in [0.29, 0.717) is 17.9 Å². The average molecular weight is 364 g/mol. The summed E-state index contributed by atoms with van der Waals surface area (Å²) in [7, 11) is -1.47. The van der Waals surface area contributed by atoms with Gasteiger partial charge < -0.3 is 10.6 Å². The molecule has 0 aromatic heterocycles. The number of rotatable bonds is 8. The van der Waals surface area contributed by atoms with Gasteiger partial charge in [0.1, 0.15) is 0 Å². The maximum absolute atomic E-state index is 12.2. The van der Waals surface area contributed by atoms with E-state index in [9.17, 15) is 8.42 Å². The molecule has 0 atom stereocenters. The predicted molar refractivity (Wildman–Crippen MR) is 104 cm³/mol. The van der Waals surface area contributed by atoms with Crippen LogP contribution in [0.1, 0.15) is 38.5 Å². The van der Waals surface area contributed by atoms with Gasteiger partial charge in [0.15, 0.2) is 15.8 Å². The summed E-state index contributed by atoms with van der Waals surface area (Å²) >= 11 is 0. The van der Waals surface area contributed by atoms with Gasteiger partial charge in [-0.15, -0.1) is 0 Å². The molecule has 0 saturated carbocycles. The number of allylic oxidation sites excluding steroid dienone is 1.